The van der Waals surface area contributed by atoms with Crippen LogP contribution in [-0.2, 0) is 19.1 Å². The topological polar surface area (TPSA) is 66.9 Å². The van der Waals surface area contributed by atoms with Crippen molar-refractivity contribution in [2.75, 3.05) is 19.6 Å². The van der Waals surface area contributed by atoms with Gasteiger partial charge in [0.1, 0.15) is 11.6 Å². The Labute approximate surface area is 113 Å². The maximum atomic E-state index is 11.9. The number of piperazine rings is 1. The van der Waals surface area contributed by atoms with Crippen LogP contribution in [0, 0.1) is 0 Å². The van der Waals surface area contributed by atoms with Crippen LogP contribution in [0.15, 0.2) is 0 Å². The number of nitrogens with zero attached hydrogens (tertiary/aromatic N) is 2. The molecule has 0 bridgehead atoms. The second-order valence-corrected chi connectivity index (χ2v) is 5.59. The Bertz CT molecular complexity index is 387. The highest BCUT2D eigenvalue weighted by molar-refractivity contribution is 6.35. The first kappa shape index (κ1) is 15.5. The molecule has 108 valence electrons. The molecule has 1 fully saturated rings. The first-order valence-electron chi connectivity index (χ1n) is 6.50. The number of hydrogen-bond donors (Lipinski definition) is 0. The van der Waals surface area contributed by atoms with Crippen molar-refractivity contribution in [2.24, 2.45) is 0 Å². The molecule has 0 aromatic carbocycles. The largest absolute Gasteiger partial charge is 0.458 e. The smallest absolute Gasteiger partial charge is 0.329 e. The summed E-state index contributed by atoms with van der Waals surface area (Å²) in [5.74, 6) is -1.67. The quantitative estimate of drug-likeness (QED) is 0.550. The van der Waals surface area contributed by atoms with Gasteiger partial charge in [0.25, 0.3) is 0 Å². The van der Waals surface area contributed by atoms with Crippen LogP contribution in [0.25, 0.3) is 0 Å². The fraction of sp³-hybridized carbons (Fsp3) is 0.769. The van der Waals surface area contributed by atoms with Crippen LogP contribution in [0.4, 0.5) is 0 Å². The second kappa shape index (κ2) is 5.59. The predicted molar refractivity (Wildman–Crippen MR) is 69.3 cm³/mol. The Hall–Kier alpha value is -1.59. The van der Waals surface area contributed by atoms with E-state index in [1.807, 2.05) is 6.92 Å². The van der Waals surface area contributed by atoms with E-state index >= 15 is 0 Å². The molecular weight excluding hydrogens is 248 g/mol. The third-order valence-electron chi connectivity index (χ3n) is 2.94. The molecule has 1 saturated heterocycles. The van der Waals surface area contributed by atoms with Crippen molar-refractivity contribution >= 4 is 17.8 Å². The fourth-order valence-electron chi connectivity index (χ4n) is 1.88. The highest BCUT2D eigenvalue weighted by Gasteiger charge is 2.37. The minimum atomic E-state index is -0.741. The number of esters is 1. The molecule has 1 heterocycles. The molecule has 6 heteroatoms. The molecule has 1 rings (SSSR count). The van der Waals surface area contributed by atoms with Crippen molar-refractivity contribution in [3.8, 4) is 0 Å². The maximum absolute atomic E-state index is 11.9. The average molecular weight is 270 g/mol. The molecule has 1 aliphatic rings. The van der Waals surface area contributed by atoms with Gasteiger partial charge in [0.15, 0.2) is 0 Å². The van der Waals surface area contributed by atoms with Gasteiger partial charge in [0, 0.05) is 19.6 Å². The van der Waals surface area contributed by atoms with Crippen LogP contribution in [0.5, 0.6) is 0 Å². The molecular formula is C13H22N2O4. The van der Waals surface area contributed by atoms with Gasteiger partial charge >= 0.3 is 17.8 Å². The number of amides is 2. The van der Waals surface area contributed by atoms with E-state index in [0.29, 0.717) is 19.6 Å². The summed E-state index contributed by atoms with van der Waals surface area (Å²) in [6.45, 7) is 10.0. The molecule has 0 aromatic rings. The molecule has 0 spiro atoms. The number of carbonyl (C=O) groups excluding carboxylic acids is 3. The molecule has 1 atom stereocenters. The van der Waals surface area contributed by atoms with Gasteiger partial charge in [-0.2, -0.15) is 0 Å². The molecule has 0 aliphatic carbocycles. The Balaban J connectivity index is 2.73. The summed E-state index contributed by atoms with van der Waals surface area (Å²) >= 11 is 0. The summed E-state index contributed by atoms with van der Waals surface area (Å²) in [6, 6.07) is -0.741. The highest BCUT2D eigenvalue weighted by Crippen LogP contribution is 2.14. The molecule has 1 unspecified atom stereocenters. The molecule has 19 heavy (non-hydrogen) atoms. The van der Waals surface area contributed by atoms with E-state index in [9.17, 15) is 14.4 Å². The van der Waals surface area contributed by atoms with Crippen molar-refractivity contribution in [3.05, 3.63) is 0 Å². The molecule has 2 amide bonds. The average Bonchev–Trinajstić information content (AvgIpc) is 2.29. The minimum Gasteiger partial charge on any atom is -0.458 e. The van der Waals surface area contributed by atoms with Gasteiger partial charge in [0.05, 0.1) is 0 Å². The van der Waals surface area contributed by atoms with Crippen molar-refractivity contribution in [1.29, 1.82) is 0 Å². The lowest BCUT2D eigenvalue weighted by molar-refractivity contribution is -0.168. The summed E-state index contributed by atoms with van der Waals surface area (Å²) in [7, 11) is 0. The summed E-state index contributed by atoms with van der Waals surface area (Å²) in [5.41, 5.74) is -0.607. The van der Waals surface area contributed by atoms with Gasteiger partial charge < -0.3 is 14.5 Å². The third kappa shape index (κ3) is 3.68. The zero-order valence-corrected chi connectivity index (χ0v) is 12.2. The van der Waals surface area contributed by atoms with E-state index in [1.165, 1.54) is 9.80 Å². The van der Waals surface area contributed by atoms with Gasteiger partial charge in [-0.15, -0.1) is 0 Å². The lowest BCUT2D eigenvalue weighted by atomic mass is 10.1. The molecule has 0 N–H and O–H groups in total. The van der Waals surface area contributed by atoms with Gasteiger partial charge in [-0.25, -0.2) is 4.79 Å². The third-order valence-corrected chi connectivity index (χ3v) is 2.94. The number of hydrogen-bond acceptors (Lipinski definition) is 4. The number of ether oxygens (including phenoxy) is 1. The molecule has 0 radical (unpaired) electrons. The number of likely N-dealkylation sites (N-methyl/N-ethyl adjacent to an activating group) is 1. The summed E-state index contributed by atoms with van der Waals surface area (Å²) in [6.07, 6.45) is 0. The van der Waals surface area contributed by atoms with Crippen LogP contribution < -0.4 is 0 Å². The number of carbonyl (C=O) groups is 3. The second-order valence-electron chi connectivity index (χ2n) is 5.59. The summed E-state index contributed by atoms with van der Waals surface area (Å²) in [5, 5.41) is 0. The van der Waals surface area contributed by atoms with E-state index in [-0.39, 0.29) is 0 Å². The van der Waals surface area contributed by atoms with E-state index in [4.69, 9.17) is 4.74 Å². The summed E-state index contributed by atoms with van der Waals surface area (Å²) < 4.78 is 5.23. The zero-order valence-electron chi connectivity index (χ0n) is 12.2. The molecule has 1 aliphatic heterocycles. The molecule has 0 saturated carbocycles. The van der Waals surface area contributed by atoms with Gasteiger partial charge in [-0.3, -0.25) is 9.59 Å². The lowest BCUT2D eigenvalue weighted by Gasteiger charge is -2.36. The van der Waals surface area contributed by atoms with Gasteiger partial charge in [-0.1, -0.05) is 0 Å². The summed E-state index contributed by atoms with van der Waals surface area (Å²) in [4.78, 5) is 38.4. The molecule has 6 nitrogen and oxygen atoms in total. The van der Waals surface area contributed by atoms with Crippen LogP contribution in [0.2, 0.25) is 0 Å². The lowest BCUT2D eigenvalue weighted by Crippen LogP contribution is -2.58. The van der Waals surface area contributed by atoms with Crippen molar-refractivity contribution in [2.45, 2.75) is 46.3 Å². The first-order chi connectivity index (χ1) is 8.67. The molecule has 0 aromatic heterocycles. The first-order valence-corrected chi connectivity index (χ1v) is 6.50. The van der Waals surface area contributed by atoms with Crippen LogP contribution >= 0.6 is 0 Å². The van der Waals surface area contributed by atoms with Crippen molar-refractivity contribution < 1.29 is 19.1 Å². The van der Waals surface area contributed by atoms with E-state index in [0.717, 1.165) is 0 Å². The highest BCUT2D eigenvalue weighted by atomic mass is 16.6. The van der Waals surface area contributed by atoms with E-state index < -0.39 is 29.4 Å². The van der Waals surface area contributed by atoms with E-state index in [2.05, 4.69) is 0 Å². The number of rotatable bonds is 3. The predicted octanol–water partition coefficient (Wildman–Crippen LogP) is 0.407. The standard InChI is InChI=1S/C13H22N2O4/c1-6-14-7-8-15(11(17)10(14)16)9(2)12(18)19-13(3,4)5/h9H,6-8H2,1-5H3. The van der Waals surface area contributed by atoms with Gasteiger partial charge in [-0.05, 0) is 34.6 Å². The van der Waals surface area contributed by atoms with Gasteiger partial charge in [0.2, 0.25) is 0 Å². The van der Waals surface area contributed by atoms with Crippen LogP contribution in [0.3, 0.4) is 0 Å². The van der Waals surface area contributed by atoms with Crippen molar-refractivity contribution in [1.82, 2.24) is 9.80 Å². The zero-order chi connectivity index (χ0) is 14.8. The Kier molecular flexibility index (Phi) is 4.55. The van der Waals surface area contributed by atoms with Crippen LogP contribution in [0.1, 0.15) is 34.6 Å². The van der Waals surface area contributed by atoms with Crippen LogP contribution in [-0.4, -0.2) is 58.9 Å². The van der Waals surface area contributed by atoms with Crippen molar-refractivity contribution in [3.63, 3.8) is 0 Å². The Morgan fingerprint density at radius 3 is 2.32 bits per heavy atom. The Morgan fingerprint density at radius 2 is 1.84 bits per heavy atom. The monoisotopic (exact) mass is 270 g/mol. The SMILES string of the molecule is CCN1CCN(C(C)C(=O)OC(C)(C)C)C(=O)C1=O. The minimum absolute atomic E-state index is 0.360. The van der Waals surface area contributed by atoms with E-state index in [1.54, 1.807) is 27.7 Å². The maximum Gasteiger partial charge on any atom is 0.329 e. The normalized spacial score (nSPS) is 18.6. The fourth-order valence-corrected chi connectivity index (χ4v) is 1.88. The Morgan fingerprint density at radius 1 is 1.26 bits per heavy atom.